The second-order valence-corrected chi connectivity index (χ2v) is 8.81. The van der Waals surface area contributed by atoms with E-state index in [0.717, 1.165) is 11.3 Å². The summed E-state index contributed by atoms with van der Waals surface area (Å²) in [5, 5.41) is 0. The highest BCUT2D eigenvalue weighted by atomic mass is 32.2. The molecule has 1 aliphatic heterocycles. The van der Waals surface area contributed by atoms with E-state index >= 15 is 0 Å². The molecular weight excluding hydrogens is 341 g/mol. The van der Waals surface area contributed by atoms with Gasteiger partial charge in [-0.15, -0.1) is 0 Å². The van der Waals surface area contributed by atoms with Crippen LogP contribution < -0.4 is 9.62 Å². The number of nitrogens with zero attached hydrogens (tertiary/aromatic N) is 1. The van der Waals surface area contributed by atoms with Gasteiger partial charge in [-0.3, -0.25) is 4.72 Å². The molecule has 0 aromatic heterocycles. The van der Waals surface area contributed by atoms with Gasteiger partial charge >= 0.3 is 15.5 Å². The summed E-state index contributed by atoms with van der Waals surface area (Å²) in [7, 11) is -5.44. The maximum Gasteiger partial charge on any atom is 0.516 e. The Morgan fingerprint density at radius 2 is 1.79 bits per heavy atom. The molecule has 0 spiro atoms. The quantitative estimate of drug-likeness (QED) is 0.876. The highest BCUT2D eigenvalue weighted by Gasteiger charge is 2.47. The summed E-state index contributed by atoms with van der Waals surface area (Å²) < 4.78 is 62.5. The van der Waals surface area contributed by atoms with Crippen molar-refractivity contribution >= 4 is 21.4 Å². The topological polar surface area (TPSA) is 49.4 Å². The van der Waals surface area contributed by atoms with Crippen LogP contribution in [0.15, 0.2) is 12.1 Å². The summed E-state index contributed by atoms with van der Waals surface area (Å²) in [4.78, 5) is 2.11. The smallest absolute Gasteiger partial charge is 0.365 e. The number of nitrogens with one attached hydrogen (secondary N) is 1. The summed E-state index contributed by atoms with van der Waals surface area (Å²) in [6.45, 7) is 11.8. The number of fused-ring (bicyclic) bond motifs is 1. The first kappa shape index (κ1) is 18.9. The lowest BCUT2D eigenvalue weighted by Gasteiger charge is -2.34. The van der Waals surface area contributed by atoms with E-state index < -0.39 is 15.5 Å². The lowest BCUT2D eigenvalue weighted by molar-refractivity contribution is -0.0429. The molecule has 8 heteroatoms. The van der Waals surface area contributed by atoms with E-state index in [9.17, 15) is 21.6 Å². The van der Waals surface area contributed by atoms with Crippen LogP contribution in [0.3, 0.4) is 0 Å². The van der Waals surface area contributed by atoms with Gasteiger partial charge < -0.3 is 4.90 Å². The van der Waals surface area contributed by atoms with Crippen LogP contribution >= 0.6 is 0 Å². The normalized spacial score (nSPS) is 20.4. The Balaban J connectivity index is 2.58. The molecule has 0 saturated heterocycles. The fourth-order valence-electron chi connectivity index (χ4n) is 3.25. The fourth-order valence-corrected chi connectivity index (χ4v) is 3.87. The summed E-state index contributed by atoms with van der Waals surface area (Å²) >= 11 is 0. The van der Waals surface area contributed by atoms with Gasteiger partial charge in [-0.05, 0) is 44.9 Å². The van der Waals surface area contributed by atoms with Crippen LogP contribution in [0.2, 0.25) is 0 Å². The standard InChI is InChI=1S/C16H23F3N2O2S/c1-9(2)21-11(4)15(5,6)12-7-10(3)13(8-14(12)21)20-24(22,23)16(17,18)19/h7-9,11,20H,1-6H3. The van der Waals surface area contributed by atoms with E-state index in [0.29, 0.717) is 5.56 Å². The molecule has 0 radical (unpaired) electrons. The van der Waals surface area contributed by atoms with Crippen molar-refractivity contribution in [2.24, 2.45) is 0 Å². The molecule has 1 heterocycles. The molecule has 2 rings (SSSR count). The Labute approximate surface area is 141 Å². The summed E-state index contributed by atoms with van der Waals surface area (Å²) in [6.07, 6.45) is 0. The number of anilines is 2. The number of sulfonamides is 1. The van der Waals surface area contributed by atoms with Crippen molar-refractivity contribution in [3.63, 3.8) is 0 Å². The van der Waals surface area contributed by atoms with Crippen LogP contribution in [0.5, 0.6) is 0 Å². The van der Waals surface area contributed by atoms with Crippen molar-refractivity contribution in [1.82, 2.24) is 0 Å². The molecule has 0 fully saturated rings. The van der Waals surface area contributed by atoms with Gasteiger partial charge in [0.15, 0.2) is 0 Å². The minimum atomic E-state index is -5.44. The lowest BCUT2D eigenvalue weighted by atomic mass is 9.80. The largest absolute Gasteiger partial charge is 0.516 e. The fraction of sp³-hybridized carbons (Fsp3) is 0.625. The minimum Gasteiger partial charge on any atom is -0.365 e. The molecule has 0 amide bonds. The molecule has 0 aliphatic carbocycles. The van der Waals surface area contributed by atoms with Crippen molar-refractivity contribution in [3.8, 4) is 0 Å². The van der Waals surface area contributed by atoms with Crippen molar-refractivity contribution in [2.75, 3.05) is 9.62 Å². The Hall–Kier alpha value is -1.44. The molecule has 0 saturated carbocycles. The lowest BCUT2D eigenvalue weighted by Crippen LogP contribution is -2.42. The number of aryl methyl sites for hydroxylation is 1. The van der Waals surface area contributed by atoms with Gasteiger partial charge in [-0.25, -0.2) is 0 Å². The molecule has 24 heavy (non-hydrogen) atoms. The van der Waals surface area contributed by atoms with E-state index in [1.165, 1.54) is 6.07 Å². The van der Waals surface area contributed by atoms with Gasteiger partial charge in [-0.2, -0.15) is 21.6 Å². The molecule has 1 aliphatic rings. The second-order valence-electron chi connectivity index (χ2n) is 7.13. The first-order valence-corrected chi connectivity index (χ1v) is 9.21. The van der Waals surface area contributed by atoms with Gasteiger partial charge in [-0.1, -0.05) is 19.9 Å². The summed E-state index contributed by atoms with van der Waals surface area (Å²) in [6, 6.07) is 3.57. The maximum absolute atomic E-state index is 12.7. The van der Waals surface area contributed by atoms with Crippen molar-refractivity contribution in [2.45, 2.75) is 64.5 Å². The van der Waals surface area contributed by atoms with Gasteiger partial charge in [0.1, 0.15) is 0 Å². The van der Waals surface area contributed by atoms with Crippen molar-refractivity contribution in [1.29, 1.82) is 0 Å². The first-order valence-electron chi connectivity index (χ1n) is 7.72. The number of halogens is 3. The zero-order valence-corrected chi connectivity index (χ0v) is 15.4. The third-order valence-corrected chi connectivity index (χ3v) is 5.98. The van der Waals surface area contributed by atoms with Crippen LogP contribution in [-0.2, 0) is 15.4 Å². The molecule has 136 valence electrons. The molecule has 0 bridgehead atoms. The van der Waals surface area contributed by atoms with Crippen LogP contribution in [0, 0.1) is 6.92 Å². The predicted molar refractivity (Wildman–Crippen MR) is 89.9 cm³/mol. The minimum absolute atomic E-state index is 0.0402. The van der Waals surface area contributed by atoms with E-state index in [2.05, 4.69) is 25.7 Å². The Morgan fingerprint density at radius 3 is 2.25 bits per heavy atom. The van der Waals surface area contributed by atoms with Crippen LogP contribution in [0.1, 0.15) is 45.7 Å². The van der Waals surface area contributed by atoms with Gasteiger partial charge in [0.25, 0.3) is 0 Å². The zero-order valence-electron chi connectivity index (χ0n) is 14.6. The highest BCUT2D eigenvalue weighted by Crippen LogP contribution is 2.48. The number of hydrogen-bond donors (Lipinski definition) is 1. The maximum atomic E-state index is 12.7. The third kappa shape index (κ3) is 2.85. The van der Waals surface area contributed by atoms with E-state index in [4.69, 9.17) is 0 Å². The molecule has 1 aromatic rings. The van der Waals surface area contributed by atoms with Crippen LogP contribution in [0.4, 0.5) is 24.5 Å². The number of alkyl halides is 3. The average Bonchev–Trinajstić information content (AvgIpc) is 2.57. The van der Waals surface area contributed by atoms with Crippen LogP contribution in [-0.4, -0.2) is 26.0 Å². The van der Waals surface area contributed by atoms with E-state index in [-0.39, 0.29) is 23.2 Å². The van der Waals surface area contributed by atoms with Gasteiger partial charge in [0, 0.05) is 23.2 Å². The third-order valence-electron chi connectivity index (χ3n) is 4.88. The number of benzene rings is 1. The van der Waals surface area contributed by atoms with Crippen molar-refractivity contribution < 1.29 is 21.6 Å². The Morgan fingerprint density at radius 1 is 1.25 bits per heavy atom. The van der Waals surface area contributed by atoms with Gasteiger partial charge in [0.05, 0.1) is 5.69 Å². The average molecular weight is 364 g/mol. The zero-order chi connectivity index (χ0) is 18.7. The number of rotatable bonds is 3. The molecule has 4 nitrogen and oxygen atoms in total. The second kappa shape index (κ2) is 5.54. The Kier molecular flexibility index (Phi) is 4.36. The highest BCUT2D eigenvalue weighted by molar-refractivity contribution is 7.93. The molecule has 1 atom stereocenters. The van der Waals surface area contributed by atoms with Crippen molar-refractivity contribution in [3.05, 3.63) is 23.3 Å². The predicted octanol–water partition coefficient (Wildman–Crippen LogP) is 4.15. The molecule has 1 unspecified atom stereocenters. The van der Waals surface area contributed by atoms with E-state index in [1.54, 1.807) is 17.7 Å². The van der Waals surface area contributed by atoms with Crippen LogP contribution in [0.25, 0.3) is 0 Å². The first-order chi connectivity index (χ1) is 10.7. The monoisotopic (exact) mass is 364 g/mol. The molecule has 1 aromatic carbocycles. The van der Waals surface area contributed by atoms with E-state index in [1.807, 2.05) is 13.8 Å². The summed E-state index contributed by atoms with van der Waals surface area (Å²) in [5.41, 5.74) is -3.33. The van der Waals surface area contributed by atoms with Gasteiger partial charge in [0.2, 0.25) is 0 Å². The molecular formula is C16H23F3N2O2S. The Bertz CT molecular complexity index is 755. The SMILES string of the molecule is Cc1cc2c(cc1NS(=O)(=O)C(F)(F)F)N(C(C)C)C(C)C2(C)C. The number of hydrogen-bond acceptors (Lipinski definition) is 3. The summed E-state index contributed by atoms with van der Waals surface area (Å²) in [5.74, 6) is 0. The molecule has 1 N–H and O–H groups in total.